The van der Waals surface area contributed by atoms with Crippen molar-refractivity contribution in [3.8, 4) is 0 Å². The van der Waals surface area contributed by atoms with Gasteiger partial charge in [0.2, 0.25) is 0 Å². The maximum atomic E-state index is 12.2. The van der Waals surface area contributed by atoms with Crippen LogP contribution in [0, 0.1) is 0 Å². The van der Waals surface area contributed by atoms with Crippen LogP contribution in [0.5, 0.6) is 0 Å². The maximum Gasteiger partial charge on any atom is 0.365 e. The van der Waals surface area contributed by atoms with E-state index in [0.717, 1.165) is 0 Å². The fourth-order valence-corrected chi connectivity index (χ4v) is 2.23. The second-order valence-electron chi connectivity index (χ2n) is 4.84. The molecule has 0 atom stereocenters. The van der Waals surface area contributed by atoms with E-state index in [1.54, 1.807) is 18.3 Å². The van der Waals surface area contributed by atoms with Crippen LogP contribution >= 0.6 is 0 Å². The van der Waals surface area contributed by atoms with Crippen LogP contribution in [0.25, 0.3) is 0 Å². The van der Waals surface area contributed by atoms with Crippen molar-refractivity contribution in [2.24, 2.45) is 0 Å². The van der Waals surface area contributed by atoms with Crippen molar-refractivity contribution in [3.63, 3.8) is 0 Å². The monoisotopic (exact) mass is 312 g/mol. The van der Waals surface area contributed by atoms with Crippen molar-refractivity contribution in [2.75, 3.05) is 7.11 Å². The minimum atomic E-state index is -0.843. The summed E-state index contributed by atoms with van der Waals surface area (Å²) in [6.45, 7) is 0.279. The van der Waals surface area contributed by atoms with Crippen molar-refractivity contribution in [3.05, 3.63) is 65.0 Å². The molecule has 0 unspecified atom stereocenters. The molecule has 3 rings (SSSR count). The third-order valence-corrected chi connectivity index (χ3v) is 3.27. The highest BCUT2D eigenvalue weighted by molar-refractivity contribution is 6.21. The second-order valence-corrected chi connectivity index (χ2v) is 4.84. The lowest BCUT2D eigenvalue weighted by molar-refractivity contribution is -0.0585. The van der Waals surface area contributed by atoms with E-state index in [0.29, 0.717) is 10.6 Å². The number of fused-ring (bicyclic) bond motifs is 1. The molecule has 0 fully saturated rings. The fraction of sp³-hybridized carbons (Fsp3) is 0.125. The average molecular weight is 312 g/mol. The average Bonchev–Trinajstić information content (AvgIpc) is 2.81. The molecule has 116 valence electrons. The van der Waals surface area contributed by atoms with Gasteiger partial charge in [0.15, 0.2) is 0 Å². The number of carbonyl (C=O) groups is 3. The molecular formula is C16H12N2O5. The van der Waals surface area contributed by atoms with Crippen molar-refractivity contribution in [1.82, 2.24) is 10.0 Å². The molecule has 0 saturated carbocycles. The van der Waals surface area contributed by atoms with E-state index >= 15 is 0 Å². The van der Waals surface area contributed by atoms with E-state index in [-0.39, 0.29) is 23.3 Å². The normalized spacial score (nSPS) is 13.2. The molecule has 0 N–H and O–H groups in total. The number of methoxy groups -OCH3 is 1. The number of imide groups is 1. The van der Waals surface area contributed by atoms with Crippen LogP contribution in [0.1, 0.15) is 36.6 Å². The Bertz CT molecular complexity index is 768. The lowest BCUT2D eigenvalue weighted by atomic mass is 10.1. The highest BCUT2D eigenvalue weighted by Gasteiger charge is 2.38. The van der Waals surface area contributed by atoms with Gasteiger partial charge in [0, 0.05) is 19.5 Å². The number of hydrogen-bond donors (Lipinski definition) is 0. The number of benzene rings is 1. The summed E-state index contributed by atoms with van der Waals surface area (Å²) < 4.78 is 4.96. The Morgan fingerprint density at radius 1 is 1.13 bits per heavy atom. The van der Waals surface area contributed by atoms with Crippen LogP contribution in [0.2, 0.25) is 0 Å². The van der Waals surface area contributed by atoms with E-state index in [1.807, 2.05) is 0 Å². The summed E-state index contributed by atoms with van der Waals surface area (Å²) in [4.78, 5) is 45.3. The molecule has 1 aromatic carbocycles. The van der Waals surface area contributed by atoms with E-state index in [9.17, 15) is 14.4 Å². The van der Waals surface area contributed by atoms with Gasteiger partial charge >= 0.3 is 5.97 Å². The largest absolute Gasteiger partial charge is 0.380 e. The summed E-state index contributed by atoms with van der Waals surface area (Å²) >= 11 is 0. The number of hydroxylamine groups is 2. The predicted octanol–water partition coefficient (Wildman–Crippen LogP) is 1.60. The summed E-state index contributed by atoms with van der Waals surface area (Å²) in [7, 11) is 1.52. The third-order valence-electron chi connectivity index (χ3n) is 3.27. The van der Waals surface area contributed by atoms with E-state index in [2.05, 4.69) is 4.98 Å². The molecule has 2 aromatic rings. The minimum Gasteiger partial charge on any atom is -0.380 e. The fourth-order valence-electron chi connectivity index (χ4n) is 2.23. The second kappa shape index (κ2) is 5.98. The number of amides is 2. The number of carbonyl (C=O) groups excluding carboxylic acids is 3. The molecule has 2 heterocycles. The predicted molar refractivity (Wildman–Crippen MR) is 77.3 cm³/mol. The third kappa shape index (κ3) is 2.69. The summed E-state index contributed by atoms with van der Waals surface area (Å²) in [5.41, 5.74) is 1.20. The van der Waals surface area contributed by atoms with Crippen LogP contribution in [0.3, 0.4) is 0 Å². The highest BCUT2D eigenvalue weighted by Crippen LogP contribution is 2.23. The maximum absolute atomic E-state index is 12.2. The molecular weight excluding hydrogens is 300 g/mol. The van der Waals surface area contributed by atoms with Gasteiger partial charge in [-0.2, -0.15) is 0 Å². The summed E-state index contributed by atoms with van der Waals surface area (Å²) in [6.07, 6.45) is 2.84. The number of hydrogen-bond acceptors (Lipinski definition) is 6. The molecule has 1 aromatic heterocycles. The van der Waals surface area contributed by atoms with Crippen molar-refractivity contribution in [2.45, 2.75) is 6.61 Å². The van der Waals surface area contributed by atoms with Gasteiger partial charge in [-0.3, -0.25) is 14.6 Å². The summed E-state index contributed by atoms with van der Waals surface area (Å²) in [5.74, 6) is -2.18. The van der Waals surface area contributed by atoms with Gasteiger partial charge in [0.1, 0.15) is 0 Å². The number of ether oxygens (including phenoxy) is 1. The first kappa shape index (κ1) is 14.9. The number of nitrogens with zero attached hydrogens (tertiary/aromatic N) is 2. The molecule has 1 aliphatic rings. The Balaban J connectivity index is 1.80. The Kier molecular flexibility index (Phi) is 3.86. The van der Waals surface area contributed by atoms with Gasteiger partial charge in [-0.05, 0) is 23.8 Å². The molecule has 0 spiro atoms. The van der Waals surface area contributed by atoms with Crippen LogP contribution in [-0.4, -0.2) is 34.9 Å². The minimum absolute atomic E-state index is 0.121. The molecule has 23 heavy (non-hydrogen) atoms. The zero-order valence-electron chi connectivity index (χ0n) is 12.2. The topological polar surface area (TPSA) is 85.8 Å². The first-order chi connectivity index (χ1) is 11.1. The van der Waals surface area contributed by atoms with Crippen LogP contribution in [0.4, 0.5) is 0 Å². The standard InChI is InChI=1S/C16H12N2O5/c1-22-9-10-6-11(8-17-7-10)16(21)23-18-14(19)12-4-2-3-5-13(12)15(18)20/h2-8H,9H2,1H3. The number of pyridine rings is 1. The lowest BCUT2D eigenvalue weighted by Crippen LogP contribution is -2.32. The zero-order valence-corrected chi connectivity index (χ0v) is 12.2. The van der Waals surface area contributed by atoms with E-state index in [4.69, 9.17) is 9.57 Å². The Morgan fingerprint density at radius 2 is 1.78 bits per heavy atom. The van der Waals surface area contributed by atoms with Gasteiger partial charge in [0.25, 0.3) is 11.8 Å². The summed E-state index contributed by atoms with van der Waals surface area (Å²) in [5, 5.41) is 0.468. The SMILES string of the molecule is COCc1cncc(C(=O)ON2C(=O)c3ccccc3C2=O)c1. The summed E-state index contributed by atoms with van der Waals surface area (Å²) in [6, 6.07) is 7.80. The van der Waals surface area contributed by atoms with Crippen LogP contribution in [0.15, 0.2) is 42.7 Å². The molecule has 0 bridgehead atoms. The Hall–Kier alpha value is -3.06. The highest BCUT2D eigenvalue weighted by atomic mass is 16.7. The Morgan fingerprint density at radius 3 is 2.39 bits per heavy atom. The van der Waals surface area contributed by atoms with Crippen LogP contribution < -0.4 is 0 Å². The zero-order chi connectivity index (χ0) is 16.4. The van der Waals surface area contributed by atoms with Crippen molar-refractivity contribution >= 4 is 17.8 Å². The molecule has 0 aliphatic carbocycles. The van der Waals surface area contributed by atoms with Crippen molar-refractivity contribution < 1.29 is 24.0 Å². The van der Waals surface area contributed by atoms with Gasteiger partial charge in [-0.25, -0.2) is 4.79 Å². The molecule has 1 aliphatic heterocycles. The van der Waals surface area contributed by atoms with E-state index < -0.39 is 17.8 Å². The molecule has 0 saturated heterocycles. The van der Waals surface area contributed by atoms with Crippen molar-refractivity contribution in [1.29, 1.82) is 0 Å². The quantitative estimate of drug-likeness (QED) is 0.797. The number of rotatable bonds is 4. The molecule has 7 heteroatoms. The molecule has 0 radical (unpaired) electrons. The Labute approximate surface area is 131 Å². The smallest absolute Gasteiger partial charge is 0.365 e. The van der Waals surface area contributed by atoms with Gasteiger partial charge in [-0.1, -0.05) is 17.2 Å². The van der Waals surface area contributed by atoms with Gasteiger partial charge < -0.3 is 9.57 Å². The number of aromatic nitrogens is 1. The lowest BCUT2D eigenvalue weighted by Gasteiger charge is -2.12. The van der Waals surface area contributed by atoms with Gasteiger partial charge in [0.05, 0.1) is 23.3 Å². The van der Waals surface area contributed by atoms with Crippen LogP contribution in [-0.2, 0) is 16.2 Å². The van der Waals surface area contributed by atoms with E-state index in [1.165, 1.54) is 31.5 Å². The molecule has 2 amide bonds. The molecule has 7 nitrogen and oxygen atoms in total. The van der Waals surface area contributed by atoms with Gasteiger partial charge in [-0.15, -0.1) is 0 Å². The first-order valence-electron chi connectivity index (χ1n) is 6.75. The first-order valence-corrected chi connectivity index (χ1v) is 6.75.